The minimum Gasteiger partial charge on any atom is -0.322 e. The van der Waals surface area contributed by atoms with E-state index < -0.39 is 0 Å². The molecule has 1 aliphatic heterocycles. The molecule has 0 radical (unpaired) electrons. The molecule has 0 unspecified atom stereocenters. The van der Waals surface area contributed by atoms with Gasteiger partial charge in [-0.25, -0.2) is 4.68 Å². The summed E-state index contributed by atoms with van der Waals surface area (Å²) in [6, 6.07) is 6.56. The minimum absolute atomic E-state index is 0.0153. The van der Waals surface area contributed by atoms with Crippen molar-refractivity contribution in [3.63, 3.8) is 0 Å². The highest BCUT2D eigenvalue weighted by atomic mass is 16.1. The summed E-state index contributed by atoms with van der Waals surface area (Å²) < 4.78 is 2.04. The average Bonchev–Trinajstić information content (AvgIpc) is 3.37. The smallest absolute Gasteiger partial charge is 0.258 e. The van der Waals surface area contributed by atoms with Gasteiger partial charge in [0.15, 0.2) is 6.04 Å². The standard InChI is InChI=1S/C24H32N6O/c1-16-13-18-15-20(24(31)25-21(18)14-17(16)2)22(29-11-7-3-4-8-12-29)23-26-27-28-30(23)19-9-5-6-10-19/h13-15,19,22H,3-12H2,1-2H3,(H,25,31)/p+1/t22-/m1/s1. The number of tetrazole rings is 1. The third-order valence-electron chi connectivity index (χ3n) is 7.40. The second-order valence-corrected chi connectivity index (χ2v) is 9.50. The van der Waals surface area contributed by atoms with E-state index >= 15 is 0 Å². The molecule has 3 aromatic rings. The zero-order valence-corrected chi connectivity index (χ0v) is 18.7. The van der Waals surface area contributed by atoms with E-state index in [9.17, 15) is 4.79 Å². The number of aromatic nitrogens is 5. The van der Waals surface area contributed by atoms with Crippen LogP contribution >= 0.6 is 0 Å². The van der Waals surface area contributed by atoms with Crippen molar-refractivity contribution in [1.29, 1.82) is 0 Å². The van der Waals surface area contributed by atoms with Gasteiger partial charge in [0.2, 0.25) is 5.82 Å². The van der Waals surface area contributed by atoms with Crippen LogP contribution in [0.5, 0.6) is 0 Å². The van der Waals surface area contributed by atoms with E-state index in [2.05, 4.69) is 52.6 Å². The highest BCUT2D eigenvalue weighted by Crippen LogP contribution is 2.31. The molecule has 5 rings (SSSR count). The van der Waals surface area contributed by atoms with Gasteiger partial charge < -0.3 is 9.88 Å². The molecule has 2 aromatic heterocycles. The zero-order valence-electron chi connectivity index (χ0n) is 18.7. The summed E-state index contributed by atoms with van der Waals surface area (Å²) in [4.78, 5) is 18.0. The average molecular weight is 422 g/mol. The van der Waals surface area contributed by atoms with Crippen LogP contribution in [0.15, 0.2) is 23.0 Å². The van der Waals surface area contributed by atoms with Crippen LogP contribution in [-0.4, -0.2) is 38.3 Å². The van der Waals surface area contributed by atoms with Crippen molar-refractivity contribution < 1.29 is 4.90 Å². The third kappa shape index (κ3) is 3.91. The van der Waals surface area contributed by atoms with Crippen molar-refractivity contribution in [3.8, 4) is 0 Å². The lowest BCUT2D eigenvalue weighted by atomic mass is 10.0. The van der Waals surface area contributed by atoms with Gasteiger partial charge in [-0.15, -0.1) is 5.10 Å². The zero-order chi connectivity index (χ0) is 21.4. The second-order valence-electron chi connectivity index (χ2n) is 9.50. The normalized spacial score (nSPS) is 19.7. The highest BCUT2D eigenvalue weighted by molar-refractivity contribution is 5.80. The quantitative estimate of drug-likeness (QED) is 0.679. The van der Waals surface area contributed by atoms with Gasteiger partial charge in [-0.2, -0.15) is 0 Å². The monoisotopic (exact) mass is 421 g/mol. The number of quaternary nitrogens is 1. The lowest BCUT2D eigenvalue weighted by Crippen LogP contribution is -3.12. The van der Waals surface area contributed by atoms with Crippen molar-refractivity contribution >= 4 is 10.9 Å². The molecule has 1 atom stereocenters. The number of nitrogens with zero attached hydrogens (tertiary/aromatic N) is 4. The molecule has 164 valence electrons. The van der Waals surface area contributed by atoms with Gasteiger partial charge in [-0.05, 0) is 97.5 Å². The first kappa shape index (κ1) is 20.4. The first-order valence-corrected chi connectivity index (χ1v) is 11.9. The SMILES string of the molecule is Cc1cc2cc([C@H](c3nnnn3C3CCCC3)[NH+]3CCCCCC3)c(=O)[nH]c2cc1C. The first-order valence-electron chi connectivity index (χ1n) is 11.9. The number of hydrogen-bond acceptors (Lipinski definition) is 4. The van der Waals surface area contributed by atoms with E-state index in [0.29, 0.717) is 6.04 Å². The Balaban J connectivity index is 1.66. The molecule has 2 aliphatic rings. The summed E-state index contributed by atoms with van der Waals surface area (Å²) >= 11 is 0. The summed E-state index contributed by atoms with van der Waals surface area (Å²) in [5.74, 6) is 0.859. The number of fused-ring (bicyclic) bond motifs is 1. The molecule has 2 fully saturated rings. The molecular weight excluding hydrogens is 388 g/mol. The molecular formula is C24H33N6O+. The molecule has 31 heavy (non-hydrogen) atoms. The van der Waals surface area contributed by atoms with Gasteiger partial charge in [-0.3, -0.25) is 4.79 Å². The number of likely N-dealkylation sites (tertiary alicyclic amines) is 1. The number of nitrogens with one attached hydrogen (secondary N) is 2. The second kappa shape index (κ2) is 8.54. The fourth-order valence-electron chi connectivity index (χ4n) is 5.52. The largest absolute Gasteiger partial charge is 0.322 e. The first-order chi connectivity index (χ1) is 15.1. The Bertz CT molecular complexity index is 1120. The van der Waals surface area contributed by atoms with Gasteiger partial charge >= 0.3 is 0 Å². The van der Waals surface area contributed by atoms with Crippen molar-refractivity contribution in [2.75, 3.05) is 13.1 Å². The fourth-order valence-corrected chi connectivity index (χ4v) is 5.52. The van der Waals surface area contributed by atoms with Crippen molar-refractivity contribution in [1.82, 2.24) is 25.2 Å². The number of pyridine rings is 1. The maximum absolute atomic E-state index is 13.4. The van der Waals surface area contributed by atoms with E-state index in [-0.39, 0.29) is 11.6 Å². The number of aromatic amines is 1. The van der Waals surface area contributed by atoms with E-state index in [4.69, 9.17) is 0 Å². The summed E-state index contributed by atoms with van der Waals surface area (Å²) in [5.41, 5.74) is 4.10. The Morgan fingerprint density at radius 2 is 1.71 bits per heavy atom. The molecule has 1 saturated carbocycles. The van der Waals surface area contributed by atoms with Crippen molar-refractivity contribution in [3.05, 3.63) is 51.1 Å². The Kier molecular flexibility index (Phi) is 5.61. The van der Waals surface area contributed by atoms with E-state index in [1.54, 1.807) is 0 Å². The molecule has 1 aromatic carbocycles. The van der Waals surface area contributed by atoms with E-state index in [0.717, 1.165) is 48.2 Å². The highest BCUT2D eigenvalue weighted by Gasteiger charge is 2.36. The van der Waals surface area contributed by atoms with Gasteiger partial charge in [-0.1, -0.05) is 12.8 Å². The molecule has 7 nitrogen and oxygen atoms in total. The Morgan fingerprint density at radius 1 is 1.00 bits per heavy atom. The third-order valence-corrected chi connectivity index (χ3v) is 7.40. The number of benzene rings is 1. The Hall–Kier alpha value is -2.54. The van der Waals surface area contributed by atoms with Gasteiger partial charge in [0, 0.05) is 5.52 Å². The number of aryl methyl sites for hydroxylation is 2. The molecule has 3 heterocycles. The van der Waals surface area contributed by atoms with Crippen LogP contribution < -0.4 is 10.5 Å². The molecule has 7 heteroatoms. The lowest BCUT2D eigenvalue weighted by Gasteiger charge is -2.27. The maximum atomic E-state index is 13.4. The van der Waals surface area contributed by atoms with Crippen LogP contribution in [0.4, 0.5) is 0 Å². The van der Waals surface area contributed by atoms with Crippen molar-refractivity contribution in [2.24, 2.45) is 0 Å². The number of hydrogen-bond donors (Lipinski definition) is 2. The van der Waals surface area contributed by atoms with Gasteiger partial charge in [0.05, 0.1) is 24.7 Å². The van der Waals surface area contributed by atoms with Crippen LogP contribution in [0, 0.1) is 13.8 Å². The van der Waals surface area contributed by atoms with Crippen LogP contribution in [0.1, 0.15) is 86.0 Å². The molecule has 0 spiro atoms. The van der Waals surface area contributed by atoms with Crippen LogP contribution in [-0.2, 0) is 0 Å². The predicted molar refractivity (Wildman–Crippen MR) is 120 cm³/mol. The van der Waals surface area contributed by atoms with E-state index in [1.165, 1.54) is 54.6 Å². The number of rotatable bonds is 4. The molecule has 2 N–H and O–H groups in total. The lowest BCUT2D eigenvalue weighted by molar-refractivity contribution is -0.925. The van der Waals surface area contributed by atoms with E-state index in [1.807, 2.05) is 4.68 Å². The van der Waals surface area contributed by atoms with Gasteiger partial charge in [0.25, 0.3) is 5.56 Å². The van der Waals surface area contributed by atoms with Crippen LogP contribution in [0.3, 0.4) is 0 Å². The van der Waals surface area contributed by atoms with Crippen LogP contribution in [0.25, 0.3) is 10.9 Å². The predicted octanol–water partition coefficient (Wildman–Crippen LogP) is 2.79. The van der Waals surface area contributed by atoms with Gasteiger partial charge in [0.1, 0.15) is 0 Å². The summed E-state index contributed by atoms with van der Waals surface area (Å²) in [5, 5.41) is 14.1. The fraction of sp³-hybridized carbons (Fsp3) is 0.583. The summed E-state index contributed by atoms with van der Waals surface area (Å²) in [6.07, 6.45) is 9.56. The topological polar surface area (TPSA) is 80.9 Å². The molecule has 0 bridgehead atoms. The molecule has 0 amide bonds. The Morgan fingerprint density at radius 3 is 2.45 bits per heavy atom. The molecule has 1 saturated heterocycles. The minimum atomic E-state index is -0.136. The molecule has 1 aliphatic carbocycles. The summed E-state index contributed by atoms with van der Waals surface area (Å²) in [6.45, 7) is 6.30. The maximum Gasteiger partial charge on any atom is 0.258 e. The Labute approximate surface area is 182 Å². The van der Waals surface area contributed by atoms with Crippen molar-refractivity contribution in [2.45, 2.75) is 77.3 Å². The van der Waals surface area contributed by atoms with Crippen LogP contribution in [0.2, 0.25) is 0 Å². The summed E-state index contributed by atoms with van der Waals surface area (Å²) in [7, 11) is 0. The number of H-pyrrole nitrogens is 1.